The fourth-order valence-electron chi connectivity index (χ4n) is 3.76. The summed E-state index contributed by atoms with van der Waals surface area (Å²) >= 11 is 0. The van der Waals surface area contributed by atoms with Gasteiger partial charge in [-0.15, -0.1) is 0 Å². The minimum absolute atomic E-state index is 0.0772. The van der Waals surface area contributed by atoms with Gasteiger partial charge in [-0.3, -0.25) is 9.32 Å². The maximum atomic E-state index is 10.8. The van der Waals surface area contributed by atoms with E-state index in [1.807, 2.05) is 21.1 Å². The Morgan fingerprint density at radius 1 is 0.763 bits per heavy atom. The van der Waals surface area contributed by atoms with Crippen LogP contribution in [0, 0.1) is 0 Å². The van der Waals surface area contributed by atoms with Gasteiger partial charge < -0.3 is 28.9 Å². The summed E-state index contributed by atoms with van der Waals surface area (Å²) in [6.07, 6.45) is 21.2. The van der Waals surface area contributed by atoms with Crippen molar-refractivity contribution in [3.63, 3.8) is 0 Å². The molecule has 0 rings (SSSR count). The topological polar surface area (TPSA) is 123 Å². The predicted molar refractivity (Wildman–Crippen MR) is 154 cm³/mol. The number of likely N-dealkylation sites (N-methyl/N-ethyl adjacent to an activating group) is 1. The molecule has 0 aliphatic heterocycles. The largest absolute Gasteiger partial charge is 0.469 e. The number of nitrogens with zero attached hydrogens (tertiary/aromatic N) is 1. The molecule has 0 amide bonds. The first-order valence-electron chi connectivity index (χ1n) is 14.8. The number of rotatable bonds is 25. The molecule has 10 heteroatoms. The lowest BCUT2D eigenvalue weighted by Crippen LogP contribution is -2.37. The quantitative estimate of drug-likeness (QED) is 0.0529. The van der Waals surface area contributed by atoms with Gasteiger partial charge in [-0.05, 0) is 6.42 Å². The molecule has 1 atom stereocenters. The zero-order chi connectivity index (χ0) is 29.1. The van der Waals surface area contributed by atoms with E-state index in [0.29, 0.717) is 17.6 Å². The van der Waals surface area contributed by atoms with Gasteiger partial charge in [0.2, 0.25) is 0 Å². The standard InChI is InChI=1S/C23H46O4.C5H14NO4P/c1-3-4-5-6-7-8-9-10-11-12-13-14-15-16-17-18-19-26-21-23(20-24)27-22(2)25;1-6(2,3)4-5-10-11(7,8)9/h23-24H,3-21H2,1-2H3;4-5H2,1-3H3,(H-,7,8,9)/p+1/t23-;/m0./s1. The molecule has 0 bridgehead atoms. The van der Waals surface area contributed by atoms with E-state index in [1.165, 1.54) is 103 Å². The highest BCUT2D eigenvalue weighted by atomic mass is 31.2. The molecule has 0 heterocycles. The van der Waals surface area contributed by atoms with Gasteiger partial charge in [0.1, 0.15) is 19.3 Å². The molecule has 0 spiro atoms. The van der Waals surface area contributed by atoms with E-state index in [9.17, 15) is 9.36 Å². The Hall–Kier alpha value is -0.540. The molecule has 38 heavy (non-hydrogen) atoms. The Morgan fingerprint density at radius 2 is 1.18 bits per heavy atom. The summed E-state index contributed by atoms with van der Waals surface area (Å²) < 4.78 is 25.5. The summed E-state index contributed by atoms with van der Waals surface area (Å²) in [5, 5.41) is 9.06. The Bertz CT molecular complexity index is 566. The molecular weight excluding hydrogens is 509 g/mol. The average Bonchev–Trinajstić information content (AvgIpc) is 2.81. The Balaban J connectivity index is 0. The molecule has 9 nitrogen and oxygen atoms in total. The first-order valence-corrected chi connectivity index (χ1v) is 16.3. The number of unbranched alkanes of at least 4 members (excludes halogenated alkanes) is 15. The van der Waals surface area contributed by atoms with Crippen LogP contribution in [-0.4, -0.2) is 85.6 Å². The number of carbonyl (C=O) groups is 1. The minimum atomic E-state index is -4.26. The van der Waals surface area contributed by atoms with Crippen LogP contribution in [0.1, 0.15) is 117 Å². The number of carbonyl (C=O) groups excluding carboxylic acids is 1. The summed E-state index contributed by atoms with van der Waals surface area (Å²) in [5.74, 6) is -0.375. The SMILES string of the molecule is CCCCCCCCCCCCCCCCCCOC[C@H](CO)OC(C)=O.C[N+](C)(C)CCOP(=O)(O)O. The predicted octanol–water partition coefficient (Wildman–Crippen LogP) is 5.99. The third kappa shape index (κ3) is 37.6. The maximum Gasteiger partial charge on any atom is 0.469 e. The van der Waals surface area contributed by atoms with Gasteiger partial charge in [0.05, 0.1) is 34.4 Å². The summed E-state index contributed by atoms with van der Waals surface area (Å²) in [7, 11) is 1.50. The molecule has 0 aromatic carbocycles. The molecule has 3 N–H and O–H groups in total. The lowest BCUT2D eigenvalue weighted by atomic mass is 10.0. The van der Waals surface area contributed by atoms with Crippen LogP contribution in [0.3, 0.4) is 0 Å². The smallest absolute Gasteiger partial charge is 0.458 e. The second-order valence-electron chi connectivity index (χ2n) is 11.1. The van der Waals surface area contributed by atoms with E-state index in [1.54, 1.807) is 0 Å². The normalized spacial score (nSPS) is 12.6. The number of phosphoric acid groups is 1. The summed E-state index contributed by atoms with van der Waals surface area (Å²) in [4.78, 5) is 27.4. The second kappa shape index (κ2) is 26.7. The lowest BCUT2D eigenvalue weighted by Gasteiger charge is -2.23. The van der Waals surface area contributed by atoms with Gasteiger partial charge in [-0.2, -0.15) is 0 Å². The zero-order valence-corrected chi connectivity index (χ0v) is 26.1. The monoisotopic (exact) mass is 570 g/mol. The number of hydrogen-bond donors (Lipinski definition) is 3. The third-order valence-corrected chi connectivity index (χ3v) is 6.52. The first-order chi connectivity index (χ1) is 17.9. The van der Waals surface area contributed by atoms with Crippen LogP contribution in [0.4, 0.5) is 0 Å². The van der Waals surface area contributed by atoms with Crippen molar-refractivity contribution >= 4 is 13.8 Å². The fourth-order valence-corrected chi connectivity index (χ4v) is 4.08. The van der Waals surface area contributed by atoms with Crippen molar-refractivity contribution < 1.29 is 42.7 Å². The molecule has 230 valence electrons. The first kappa shape index (κ1) is 39.6. The number of quaternary nitrogens is 1. The molecule has 0 saturated carbocycles. The van der Waals surface area contributed by atoms with E-state index in [2.05, 4.69) is 11.4 Å². The highest BCUT2D eigenvalue weighted by Crippen LogP contribution is 2.35. The average molecular weight is 571 g/mol. The number of ether oxygens (including phenoxy) is 2. The molecule has 0 unspecified atom stereocenters. The van der Waals surface area contributed by atoms with Gasteiger partial charge in [-0.1, -0.05) is 103 Å². The Morgan fingerprint density at radius 3 is 1.53 bits per heavy atom. The summed E-state index contributed by atoms with van der Waals surface area (Å²) in [6.45, 7) is 5.05. The maximum absolute atomic E-state index is 10.8. The van der Waals surface area contributed by atoms with Crippen molar-refractivity contribution in [2.45, 2.75) is 123 Å². The van der Waals surface area contributed by atoms with Gasteiger partial charge in [-0.25, -0.2) is 4.57 Å². The van der Waals surface area contributed by atoms with Crippen molar-refractivity contribution in [1.82, 2.24) is 0 Å². The number of aliphatic hydroxyl groups is 1. The van der Waals surface area contributed by atoms with Crippen molar-refractivity contribution in [2.24, 2.45) is 0 Å². The van der Waals surface area contributed by atoms with Gasteiger partial charge >= 0.3 is 13.8 Å². The third-order valence-electron chi connectivity index (χ3n) is 6.00. The highest BCUT2D eigenvalue weighted by Gasteiger charge is 2.16. The van der Waals surface area contributed by atoms with E-state index >= 15 is 0 Å². The van der Waals surface area contributed by atoms with Crippen molar-refractivity contribution in [3.8, 4) is 0 Å². The van der Waals surface area contributed by atoms with Gasteiger partial charge in [0, 0.05) is 13.5 Å². The van der Waals surface area contributed by atoms with Crippen LogP contribution in [0.25, 0.3) is 0 Å². The molecule has 0 fully saturated rings. The molecule has 0 saturated heterocycles. The second-order valence-corrected chi connectivity index (χ2v) is 12.4. The van der Waals surface area contributed by atoms with Gasteiger partial charge in [0.15, 0.2) is 0 Å². The van der Waals surface area contributed by atoms with Crippen LogP contribution in [-0.2, 0) is 23.4 Å². The van der Waals surface area contributed by atoms with Crippen molar-refractivity contribution in [2.75, 3.05) is 54.1 Å². The lowest BCUT2D eigenvalue weighted by molar-refractivity contribution is -0.870. The van der Waals surface area contributed by atoms with Crippen molar-refractivity contribution in [1.29, 1.82) is 0 Å². The Kier molecular flexibility index (Phi) is 27.8. The van der Waals surface area contributed by atoms with Crippen LogP contribution >= 0.6 is 7.82 Å². The highest BCUT2D eigenvalue weighted by molar-refractivity contribution is 7.46. The van der Waals surface area contributed by atoms with Crippen LogP contribution in [0.2, 0.25) is 0 Å². The van der Waals surface area contributed by atoms with Crippen LogP contribution in [0.15, 0.2) is 0 Å². The number of hydrogen-bond acceptors (Lipinski definition) is 6. The summed E-state index contributed by atoms with van der Waals surface area (Å²) in [5.41, 5.74) is 0. The van der Waals surface area contributed by atoms with Crippen LogP contribution < -0.4 is 0 Å². The van der Waals surface area contributed by atoms with Gasteiger partial charge in [0.25, 0.3) is 0 Å². The molecule has 0 radical (unpaired) electrons. The molecule has 0 aromatic heterocycles. The number of esters is 1. The van der Waals surface area contributed by atoms with E-state index in [0.717, 1.165) is 6.42 Å². The Labute approximate surface area is 233 Å². The molecule has 0 aromatic rings. The van der Waals surface area contributed by atoms with Crippen LogP contribution in [0.5, 0.6) is 0 Å². The number of aliphatic hydroxyl groups excluding tert-OH is 1. The summed E-state index contributed by atoms with van der Waals surface area (Å²) in [6, 6.07) is 0. The molecule has 0 aliphatic rings. The number of phosphoric ester groups is 1. The minimum Gasteiger partial charge on any atom is -0.458 e. The molecular formula is C28H61NO8P+. The van der Waals surface area contributed by atoms with E-state index in [-0.39, 0.29) is 25.8 Å². The zero-order valence-electron chi connectivity index (χ0n) is 25.2. The molecule has 0 aliphatic carbocycles. The fraction of sp³-hybridized carbons (Fsp3) is 0.964. The van der Waals surface area contributed by atoms with Crippen molar-refractivity contribution in [3.05, 3.63) is 0 Å². The van der Waals surface area contributed by atoms with E-state index < -0.39 is 13.9 Å². The van der Waals surface area contributed by atoms with E-state index in [4.69, 9.17) is 24.4 Å².